The van der Waals surface area contributed by atoms with Crippen LogP contribution in [0.4, 0.5) is 0 Å². The van der Waals surface area contributed by atoms with Crippen molar-refractivity contribution in [2.75, 3.05) is 34.3 Å². The second-order valence-corrected chi connectivity index (χ2v) is 3.23. The molecule has 0 spiro atoms. The fraction of sp³-hybridized carbons (Fsp3) is 0.667. The lowest BCUT2D eigenvalue weighted by Gasteiger charge is -2.23. The van der Waals surface area contributed by atoms with Gasteiger partial charge in [0, 0.05) is 25.7 Å². The Hall–Kier alpha value is -0.870. The summed E-state index contributed by atoms with van der Waals surface area (Å²) in [6.45, 7) is 1.79. The minimum absolute atomic E-state index is 0.0319. The van der Waals surface area contributed by atoms with Crippen molar-refractivity contribution in [3.05, 3.63) is 11.6 Å². The highest BCUT2D eigenvalue weighted by Gasteiger charge is 2.17. The summed E-state index contributed by atoms with van der Waals surface area (Å²) in [5, 5.41) is 1.26. The van der Waals surface area contributed by atoms with E-state index in [2.05, 4.69) is 4.90 Å². The van der Waals surface area contributed by atoms with E-state index >= 15 is 0 Å². The van der Waals surface area contributed by atoms with Gasteiger partial charge in [0.15, 0.2) is 0 Å². The maximum atomic E-state index is 11.5. The van der Waals surface area contributed by atoms with Gasteiger partial charge < -0.3 is 4.90 Å². The van der Waals surface area contributed by atoms with E-state index in [4.69, 9.17) is 4.84 Å². The zero-order valence-corrected chi connectivity index (χ0v) is 8.41. The Morgan fingerprint density at radius 1 is 1.69 bits per heavy atom. The van der Waals surface area contributed by atoms with Crippen LogP contribution in [-0.2, 0) is 9.63 Å². The normalized spacial score (nSPS) is 18.2. The van der Waals surface area contributed by atoms with Crippen LogP contribution in [0.2, 0.25) is 0 Å². The molecule has 0 atom stereocenters. The maximum Gasteiger partial charge on any atom is 0.272 e. The van der Waals surface area contributed by atoms with Gasteiger partial charge in [-0.25, -0.2) is 5.06 Å². The van der Waals surface area contributed by atoms with Gasteiger partial charge in [0.05, 0.1) is 7.11 Å². The monoisotopic (exact) mass is 184 g/mol. The molecule has 1 amide bonds. The zero-order valence-electron chi connectivity index (χ0n) is 8.41. The number of hydrogen-bond acceptors (Lipinski definition) is 3. The number of amides is 1. The van der Waals surface area contributed by atoms with Crippen molar-refractivity contribution in [3.63, 3.8) is 0 Å². The van der Waals surface area contributed by atoms with E-state index in [-0.39, 0.29) is 5.91 Å². The van der Waals surface area contributed by atoms with E-state index < -0.39 is 0 Å². The van der Waals surface area contributed by atoms with E-state index in [0.717, 1.165) is 25.1 Å². The molecule has 0 aromatic rings. The first-order valence-electron chi connectivity index (χ1n) is 4.35. The van der Waals surface area contributed by atoms with Crippen LogP contribution in [0.1, 0.15) is 6.42 Å². The Morgan fingerprint density at radius 2 is 2.38 bits per heavy atom. The van der Waals surface area contributed by atoms with Gasteiger partial charge in [0.2, 0.25) is 0 Å². The molecule has 0 aliphatic carbocycles. The summed E-state index contributed by atoms with van der Waals surface area (Å²) in [5.41, 5.74) is 0.849. The average molecular weight is 184 g/mol. The fourth-order valence-corrected chi connectivity index (χ4v) is 1.25. The van der Waals surface area contributed by atoms with Crippen LogP contribution >= 0.6 is 0 Å². The Balaban J connectivity index is 2.57. The van der Waals surface area contributed by atoms with Crippen LogP contribution in [0.3, 0.4) is 0 Å². The van der Waals surface area contributed by atoms with Gasteiger partial charge in [-0.3, -0.25) is 9.63 Å². The third-order valence-electron chi connectivity index (χ3n) is 2.25. The maximum absolute atomic E-state index is 11.5. The van der Waals surface area contributed by atoms with Crippen molar-refractivity contribution in [1.29, 1.82) is 0 Å². The van der Waals surface area contributed by atoms with Crippen molar-refractivity contribution in [2.24, 2.45) is 0 Å². The van der Waals surface area contributed by atoms with E-state index in [1.807, 2.05) is 13.1 Å². The molecule has 0 saturated heterocycles. The zero-order chi connectivity index (χ0) is 9.84. The first kappa shape index (κ1) is 10.2. The van der Waals surface area contributed by atoms with Crippen LogP contribution in [0.5, 0.6) is 0 Å². The highest BCUT2D eigenvalue weighted by Crippen LogP contribution is 2.11. The van der Waals surface area contributed by atoms with Gasteiger partial charge in [-0.15, -0.1) is 0 Å². The van der Waals surface area contributed by atoms with Crippen LogP contribution < -0.4 is 0 Å². The molecular formula is C9H16N2O2. The summed E-state index contributed by atoms with van der Waals surface area (Å²) >= 11 is 0. The van der Waals surface area contributed by atoms with Crippen LogP contribution in [0.15, 0.2) is 11.6 Å². The van der Waals surface area contributed by atoms with Gasteiger partial charge in [-0.1, -0.05) is 6.08 Å². The Bertz CT molecular complexity index is 226. The molecular weight excluding hydrogens is 168 g/mol. The summed E-state index contributed by atoms with van der Waals surface area (Å²) in [7, 11) is 5.16. The SMILES string of the molecule is CON(C)C(=O)C1=CCN(C)CC1. The molecule has 0 unspecified atom stereocenters. The summed E-state index contributed by atoms with van der Waals surface area (Å²) in [5.74, 6) is -0.0319. The first-order valence-corrected chi connectivity index (χ1v) is 4.35. The molecule has 13 heavy (non-hydrogen) atoms. The van der Waals surface area contributed by atoms with Gasteiger partial charge >= 0.3 is 0 Å². The molecule has 74 valence electrons. The van der Waals surface area contributed by atoms with Gasteiger partial charge in [-0.2, -0.15) is 0 Å². The topological polar surface area (TPSA) is 32.8 Å². The molecule has 4 heteroatoms. The highest BCUT2D eigenvalue weighted by molar-refractivity contribution is 5.92. The number of carbonyl (C=O) groups excluding carboxylic acids is 1. The number of carbonyl (C=O) groups is 1. The molecule has 1 aliphatic rings. The Kier molecular flexibility index (Phi) is 3.45. The minimum Gasteiger partial charge on any atom is -0.302 e. The predicted molar refractivity (Wildman–Crippen MR) is 50.0 cm³/mol. The largest absolute Gasteiger partial charge is 0.302 e. The highest BCUT2D eigenvalue weighted by atomic mass is 16.7. The van der Waals surface area contributed by atoms with Crippen molar-refractivity contribution < 1.29 is 9.63 Å². The Morgan fingerprint density at radius 3 is 2.85 bits per heavy atom. The third-order valence-corrected chi connectivity index (χ3v) is 2.25. The number of rotatable bonds is 2. The standard InChI is InChI=1S/C9H16N2O2/c1-10-6-4-8(5-7-10)9(12)11(2)13-3/h4H,5-7H2,1-3H3. The number of likely N-dealkylation sites (N-methyl/N-ethyl adjacent to an activating group) is 2. The van der Waals surface area contributed by atoms with Gasteiger partial charge in [0.1, 0.15) is 0 Å². The molecule has 0 bridgehead atoms. The summed E-state index contributed by atoms with van der Waals surface area (Å²) < 4.78 is 0. The number of hydroxylamine groups is 2. The van der Waals surface area contributed by atoms with E-state index in [1.54, 1.807) is 7.05 Å². The van der Waals surface area contributed by atoms with Crippen molar-refractivity contribution in [2.45, 2.75) is 6.42 Å². The molecule has 0 fully saturated rings. The average Bonchev–Trinajstić information content (AvgIpc) is 2.17. The van der Waals surface area contributed by atoms with Crippen molar-refractivity contribution >= 4 is 5.91 Å². The Labute approximate surface area is 78.7 Å². The molecule has 1 rings (SSSR count). The van der Waals surface area contributed by atoms with Crippen molar-refractivity contribution in [1.82, 2.24) is 9.96 Å². The molecule has 0 aromatic carbocycles. The fourth-order valence-electron chi connectivity index (χ4n) is 1.25. The second-order valence-electron chi connectivity index (χ2n) is 3.23. The lowest BCUT2D eigenvalue weighted by atomic mass is 10.1. The van der Waals surface area contributed by atoms with Crippen LogP contribution in [0, 0.1) is 0 Å². The van der Waals surface area contributed by atoms with E-state index in [1.165, 1.54) is 12.2 Å². The molecule has 0 radical (unpaired) electrons. The first-order chi connectivity index (χ1) is 6.15. The lowest BCUT2D eigenvalue weighted by molar-refractivity contribution is -0.164. The molecule has 0 saturated carbocycles. The molecule has 0 aromatic heterocycles. The number of hydrogen-bond donors (Lipinski definition) is 0. The van der Waals surface area contributed by atoms with Crippen LogP contribution in [0.25, 0.3) is 0 Å². The van der Waals surface area contributed by atoms with Gasteiger partial charge in [0.25, 0.3) is 5.91 Å². The molecule has 1 heterocycles. The molecule has 0 N–H and O–H groups in total. The summed E-state index contributed by atoms with van der Waals surface area (Å²) in [4.78, 5) is 18.5. The van der Waals surface area contributed by atoms with E-state index in [0.29, 0.717) is 0 Å². The smallest absolute Gasteiger partial charge is 0.272 e. The molecule has 1 aliphatic heterocycles. The quantitative estimate of drug-likeness (QED) is 0.577. The van der Waals surface area contributed by atoms with Crippen molar-refractivity contribution in [3.8, 4) is 0 Å². The number of nitrogens with zero attached hydrogens (tertiary/aromatic N) is 2. The lowest BCUT2D eigenvalue weighted by Crippen LogP contribution is -2.32. The third kappa shape index (κ3) is 2.54. The predicted octanol–water partition coefficient (Wildman–Crippen LogP) is 0.268. The van der Waals surface area contributed by atoms with Gasteiger partial charge in [-0.05, 0) is 13.5 Å². The second kappa shape index (κ2) is 4.39. The summed E-state index contributed by atoms with van der Waals surface area (Å²) in [6.07, 6.45) is 2.77. The summed E-state index contributed by atoms with van der Waals surface area (Å²) in [6, 6.07) is 0. The minimum atomic E-state index is -0.0319. The molecule has 4 nitrogen and oxygen atoms in total. The van der Waals surface area contributed by atoms with E-state index in [9.17, 15) is 4.79 Å². The van der Waals surface area contributed by atoms with Crippen LogP contribution in [-0.4, -0.2) is 50.2 Å².